The number of imidazole rings is 1. The van der Waals surface area contributed by atoms with Crippen molar-refractivity contribution in [2.24, 2.45) is 5.92 Å². The summed E-state index contributed by atoms with van der Waals surface area (Å²) in [4.78, 5) is 9.88. The zero-order chi connectivity index (χ0) is 46.4. The smallest absolute Gasteiger partial charge is 0.120 e. The average molecular weight is 1040 g/mol. The van der Waals surface area contributed by atoms with Crippen LogP contribution in [0.1, 0.15) is 48.5 Å². The molecule has 10 rings (SSSR count). The summed E-state index contributed by atoms with van der Waals surface area (Å²) in [5.74, 6) is 0.714. The number of rotatable bonds is 8. The molecule has 0 aliphatic rings. The van der Waals surface area contributed by atoms with E-state index in [-0.39, 0.29) is 31.4 Å². The van der Waals surface area contributed by atoms with Crippen molar-refractivity contribution in [3.05, 3.63) is 193 Å². The van der Waals surface area contributed by atoms with Crippen molar-refractivity contribution < 1.29 is 27.3 Å². The molecule has 7 aromatic carbocycles. The number of furan rings is 1. The van der Waals surface area contributed by atoms with Gasteiger partial charge in [-0.2, -0.15) is 0 Å². The first-order chi connectivity index (χ1) is 31.6. The molecular weight excluding hydrogens is 987 g/mol. The van der Waals surface area contributed by atoms with Crippen LogP contribution in [0.3, 0.4) is 0 Å². The Morgan fingerprint density at radius 3 is 1.97 bits per heavy atom. The van der Waals surface area contributed by atoms with Gasteiger partial charge in [0, 0.05) is 45.6 Å². The van der Waals surface area contributed by atoms with Crippen LogP contribution < -0.4 is 5.19 Å². The van der Waals surface area contributed by atoms with Crippen molar-refractivity contribution in [3.8, 4) is 50.6 Å². The Morgan fingerprint density at radius 2 is 1.34 bits per heavy atom. The molecule has 0 aliphatic carbocycles. The largest absolute Gasteiger partial charge is 0.501 e. The summed E-state index contributed by atoms with van der Waals surface area (Å²) in [6.45, 7) is 17.4. The minimum absolute atomic E-state index is 0. The molecule has 0 bridgehead atoms. The number of fused-ring (bicyclic) bond motifs is 4. The van der Waals surface area contributed by atoms with Gasteiger partial charge in [-0.1, -0.05) is 168 Å². The maximum absolute atomic E-state index is 8.55. The molecule has 0 unspecified atom stereocenters. The first-order valence-electron chi connectivity index (χ1n) is 23.2. The van der Waals surface area contributed by atoms with E-state index in [1.54, 1.807) is 0 Å². The van der Waals surface area contributed by atoms with Crippen LogP contribution in [0.15, 0.2) is 174 Å². The van der Waals surface area contributed by atoms with E-state index in [1.807, 2.05) is 74.6 Å². The quantitative estimate of drug-likeness (QED) is 0.113. The van der Waals surface area contributed by atoms with Crippen molar-refractivity contribution in [1.82, 2.24) is 14.5 Å². The normalized spacial score (nSPS) is 12.4. The Hall–Kier alpha value is -6.17. The molecule has 3 aromatic heterocycles. The van der Waals surface area contributed by atoms with Gasteiger partial charge in [0.2, 0.25) is 0 Å². The van der Waals surface area contributed by atoms with Gasteiger partial charge in [-0.25, -0.2) is 0 Å². The number of benzene rings is 7. The third kappa shape index (κ3) is 9.35. The molecule has 0 saturated carbocycles. The van der Waals surface area contributed by atoms with Crippen molar-refractivity contribution >= 4 is 46.2 Å². The Labute approximate surface area is 401 Å². The van der Waals surface area contributed by atoms with Crippen LogP contribution in [0.2, 0.25) is 19.6 Å². The van der Waals surface area contributed by atoms with Gasteiger partial charge in [0.25, 0.3) is 0 Å². The zero-order valence-corrected chi connectivity index (χ0v) is 41.7. The maximum atomic E-state index is 8.55. The molecule has 327 valence electrons. The predicted molar refractivity (Wildman–Crippen MR) is 272 cm³/mol. The molecule has 0 spiro atoms. The molecule has 4 nitrogen and oxygen atoms in total. The summed E-state index contributed by atoms with van der Waals surface area (Å²) in [7, 11) is -1.67. The molecule has 0 amide bonds. The monoisotopic (exact) mass is 1040 g/mol. The van der Waals surface area contributed by atoms with Gasteiger partial charge in [0.1, 0.15) is 5.58 Å². The fraction of sp³-hybridized carbons (Fsp3) is 0.186. The number of para-hydroxylation sites is 3. The van der Waals surface area contributed by atoms with E-state index in [4.69, 9.17) is 12.1 Å². The van der Waals surface area contributed by atoms with Gasteiger partial charge in [-0.3, -0.25) is 4.98 Å². The second-order valence-corrected chi connectivity index (χ2v) is 23.8. The summed E-state index contributed by atoms with van der Waals surface area (Å²) >= 11 is 0. The molecule has 0 fully saturated rings. The Bertz CT molecular complexity index is 3270. The van der Waals surface area contributed by atoms with Gasteiger partial charge >= 0.3 is 0 Å². The molecule has 0 saturated heterocycles. The molecule has 0 aliphatic heterocycles. The number of hydrogen-bond acceptors (Lipinski definition) is 3. The van der Waals surface area contributed by atoms with Crippen molar-refractivity contribution in [3.63, 3.8) is 0 Å². The standard InChI is InChI=1S/C41H31N2O.C18H24NSi.Ir/c1-41(2,3)29-25-33(27-15-6-4-7-16-27)38(34(26-29)28-17-8-5-9-18-28)43-36-23-12-11-22-35(36)42-40(43)32-21-14-20-31-30-19-10-13-24-37(30)44-39(31)32;1-14(2)11-16-12-17(15-9-7-6-8-10-15)19-13-18(16)20(3,4)5;/h4-20,22-26H,1-3H3;6-9,12-14H,11H2,1-5H3;/q2*-1;/i;11D2;. The molecule has 3 heterocycles. The number of pyridine rings is 1. The van der Waals surface area contributed by atoms with Gasteiger partial charge in [0.15, 0.2) is 0 Å². The molecule has 1 radical (unpaired) electrons. The molecular formula is C59H55IrN3OSi-2. The molecule has 0 atom stereocenters. The second-order valence-electron chi connectivity index (χ2n) is 18.8. The summed E-state index contributed by atoms with van der Waals surface area (Å²) < 4.78 is 26.0. The van der Waals surface area contributed by atoms with Crippen molar-refractivity contribution in [2.45, 2.75) is 66.0 Å². The van der Waals surface area contributed by atoms with Crippen LogP contribution >= 0.6 is 0 Å². The number of aromatic nitrogens is 3. The van der Waals surface area contributed by atoms with Crippen molar-refractivity contribution in [1.29, 1.82) is 0 Å². The van der Waals surface area contributed by atoms with Crippen molar-refractivity contribution in [2.75, 3.05) is 0 Å². The van der Waals surface area contributed by atoms with E-state index in [0.717, 1.165) is 94.3 Å². The van der Waals surface area contributed by atoms with E-state index in [0.29, 0.717) is 0 Å². The fourth-order valence-corrected chi connectivity index (χ4v) is 9.85. The molecule has 10 aromatic rings. The molecule has 0 N–H and O–H groups in total. The van der Waals surface area contributed by atoms with Gasteiger partial charge < -0.3 is 14.0 Å². The number of nitrogens with zero attached hydrogens (tertiary/aromatic N) is 3. The Balaban J connectivity index is 0.000000224. The van der Waals surface area contributed by atoms with Crippen LogP contribution in [-0.4, -0.2) is 22.6 Å². The zero-order valence-electron chi connectivity index (χ0n) is 40.3. The van der Waals surface area contributed by atoms with Crippen LogP contribution in [0, 0.1) is 18.1 Å². The topological polar surface area (TPSA) is 43.9 Å². The minimum Gasteiger partial charge on any atom is -0.501 e. The van der Waals surface area contributed by atoms with E-state index in [2.05, 4.69) is 171 Å². The van der Waals surface area contributed by atoms with Crippen LogP contribution in [-0.2, 0) is 31.9 Å². The third-order valence-corrected chi connectivity index (χ3v) is 13.6. The SMILES string of the molecule is CC(C)(C)c1cc(-c2ccccc2)c(-n2c(-c3[c-]ccc4c3oc3ccccc34)nc3ccccc32)c(-c2ccccc2)c1.[2H]C([2H])(c1cc(-c2[c-]cccc2)ncc1[Si](C)(C)C)C(C)C.[Ir]. The van der Waals surface area contributed by atoms with Crippen LogP contribution in [0.5, 0.6) is 0 Å². The van der Waals surface area contributed by atoms with Crippen LogP contribution in [0.4, 0.5) is 0 Å². The Kier molecular flexibility index (Phi) is 12.3. The van der Waals surface area contributed by atoms with Gasteiger partial charge in [-0.15, -0.1) is 54.1 Å². The van der Waals surface area contributed by atoms with E-state index in [9.17, 15) is 0 Å². The summed E-state index contributed by atoms with van der Waals surface area (Å²) in [6, 6.07) is 63.1. The summed E-state index contributed by atoms with van der Waals surface area (Å²) in [6.07, 6.45) is 0.528. The second kappa shape index (κ2) is 18.7. The van der Waals surface area contributed by atoms with E-state index >= 15 is 0 Å². The predicted octanol–water partition coefficient (Wildman–Crippen LogP) is 15.3. The minimum atomic E-state index is -1.67. The van der Waals surface area contributed by atoms with Crippen LogP contribution in [0.25, 0.3) is 83.6 Å². The first-order valence-corrected chi connectivity index (χ1v) is 25.7. The third-order valence-electron chi connectivity index (χ3n) is 11.6. The molecule has 6 heteroatoms. The average Bonchev–Trinajstić information content (AvgIpc) is 3.90. The Morgan fingerprint density at radius 1 is 0.708 bits per heavy atom. The van der Waals surface area contributed by atoms with Gasteiger partial charge in [0.05, 0.1) is 36.2 Å². The van der Waals surface area contributed by atoms with E-state index < -0.39 is 14.4 Å². The summed E-state index contributed by atoms with van der Waals surface area (Å²) in [5, 5.41) is 3.25. The fourth-order valence-electron chi connectivity index (χ4n) is 8.44. The molecule has 65 heavy (non-hydrogen) atoms. The summed E-state index contributed by atoms with van der Waals surface area (Å²) in [5.41, 5.74) is 13.8. The van der Waals surface area contributed by atoms with E-state index in [1.165, 1.54) is 5.56 Å². The maximum Gasteiger partial charge on any atom is 0.120 e. The number of hydrogen-bond donors (Lipinski definition) is 0. The van der Waals surface area contributed by atoms with Gasteiger partial charge in [-0.05, 0) is 75.6 Å². The first kappa shape index (κ1) is 42.8.